The highest BCUT2D eigenvalue weighted by Gasteiger charge is 2.08. The highest BCUT2D eigenvalue weighted by atomic mass is 35.5. The van der Waals surface area contributed by atoms with E-state index in [-0.39, 0.29) is 24.8 Å². The van der Waals surface area contributed by atoms with Gasteiger partial charge in [0, 0.05) is 6.04 Å². The largest absolute Gasteiger partial charge is 0.324 e. The van der Waals surface area contributed by atoms with E-state index in [4.69, 9.17) is 5.73 Å². The monoisotopic (exact) mass is 169 g/mol. The third-order valence-electron chi connectivity index (χ3n) is 1.53. The van der Waals surface area contributed by atoms with Crippen molar-refractivity contribution in [2.75, 3.05) is 0 Å². The lowest BCUT2D eigenvalue weighted by atomic mass is 10.2. The van der Waals surface area contributed by atoms with Crippen molar-refractivity contribution in [3.05, 3.63) is 11.6 Å². The van der Waals surface area contributed by atoms with E-state index >= 15 is 0 Å². The number of rotatable bonds is 0. The summed E-state index contributed by atoms with van der Waals surface area (Å²) in [7, 11) is 0. The van der Waals surface area contributed by atoms with Crippen LogP contribution in [0.4, 0.5) is 0 Å². The Morgan fingerprint density at radius 2 is 2.11 bits per heavy atom. The summed E-state index contributed by atoms with van der Waals surface area (Å²) in [4.78, 5) is 0. The van der Waals surface area contributed by atoms with Gasteiger partial charge >= 0.3 is 0 Å². The van der Waals surface area contributed by atoms with Crippen LogP contribution in [0.15, 0.2) is 11.6 Å². The van der Waals surface area contributed by atoms with Crippen molar-refractivity contribution in [2.24, 2.45) is 5.73 Å². The molecule has 0 saturated heterocycles. The maximum atomic E-state index is 5.61. The zero-order valence-electron chi connectivity index (χ0n) is 5.46. The smallest absolute Gasteiger partial charge is 0.0253 e. The van der Waals surface area contributed by atoms with Gasteiger partial charge in [-0.2, -0.15) is 0 Å². The second-order valence-electron chi connectivity index (χ2n) is 2.13. The molecule has 56 valence electrons. The van der Waals surface area contributed by atoms with E-state index < -0.39 is 0 Å². The summed E-state index contributed by atoms with van der Waals surface area (Å²) in [6.07, 6.45) is 4.56. The summed E-state index contributed by atoms with van der Waals surface area (Å²) in [5, 5.41) is 0. The van der Waals surface area contributed by atoms with E-state index in [1.54, 1.807) is 0 Å². The minimum Gasteiger partial charge on any atom is -0.324 e. The van der Waals surface area contributed by atoms with Crippen LogP contribution in [0.1, 0.15) is 19.8 Å². The first-order valence-electron chi connectivity index (χ1n) is 2.73. The zero-order valence-corrected chi connectivity index (χ0v) is 7.10. The van der Waals surface area contributed by atoms with E-state index in [9.17, 15) is 0 Å². The molecular weight excluding hydrogens is 157 g/mol. The minimum absolute atomic E-state index is 0. The minimum atomic E-state index is 0. The van der Waals surface area contributed by atoms with Crippen molar-refractivity contribution in [1.29, 1.82) is 0 Å². The molecule has 3 heteroatoms. The van der Waals surface area contributed by atoms with Gasteiger partial charge in [-0.25, -0.2) is 0 Å². The summed E-state index contributed by atoms with van der Waals surface area (Å²) in [5.74, 6) is 0. The predicted octanol–water partition coefficient (Wildman–Crippen LogP) is 1.90. The Morgan fingerprint density at radius 3 is 2.22 bits per heavy atom. The molecule has 1 unspecified atom stereocenters. The fourth-order valence-electron chi connectivity index (χ4n) is 0.870. The molecule has 0 fully saturated rings. The summed E-state index contributed by atoms with van der Waals surface area (Å²) in [6, 6.07) is 0.375. The molecule has 0 radical (unpaired) electrons. The first-order valence-corrected chi connectivity index (χ1v) is 2.73. The van der Waals surface area contributed by atoms with Crippen LogP contribution in [0.25, 0.3) is 0 Å². The average Bonchev–Trinajstić information content (AvgIpc) is 1.91. The summed E-state index contributed by atoms with van der Waals surface area (Å²) in [5.41, 5.74) is 6.97. The van der Waals surface area contributed by atoms with Gasteiger partial charge in [0.15, 0.2) is 0 Å². The Morgan fingerprint density at radius 1 is 1.56 bits per heavy atom. The second-order valence-corrected chi connectivity index (χ2v) is 2.13. The molecule has 1 aliphatic rings. The second kappa shape index (κ2) is 5.10. The molecule has 0 bridgehead atoms. The van der Waals surface area contributed by atoms with Crippen LogP contribution in [0.2, 0.25) is 0 Å². The Balaban J connectivity index is 0. The van der Waals surface area contributed by atoms with Gasteiger partial charge < -0.3 is 5.73 Å². The van der Waals surface area contributed by atoms with Crippen molar-refractivity contribution in [2.45, 2.75) is 25.8 Å². The topological polar surface area (TPSA) is 26.0 Å². The Bertz CT molecular complexity index is 101. The van der Waals surface area contributed by atoms with Crippen molar-refractivity contribution in [3.63, 3.8) is 0 Å². The van der Waals surface area contributed by atoms with Gasteiger partial charge in [0.25, 0.3) is 0 Å². The highest BCUT2D eigenvalue weighted by molar-refractivity contribution is 5.85. The Hall–Kier alpha value is 0.280. The highest BCUT2D eigenvalue weighted by Crippen LogP contribution is 2.14. The van der Waals surface area contributed by atoms with Gasteiger partial charge in [-0.05, 0) is 19.8 Å². The molecule has 0 aromatic heterocycles. The average molecular weight is 170 g/mol. The van der Waals surface area contributed by atoms with Crippen LogP contribution < -0.4 is 5.73 Å². The van der Waals surface area contributed by atoms with Gasteiger partial charge in [-0.3, -0.25) is 0 Å². The Kier molecular flexibility index (Phi) is 6.80. The number of allylic oxidation sites excluding steroid dienone is 1. The molecule has 0 saturated carbocycles. The van der Waals surface area contributed by atoms with E-state index in [1.807, 2.05) is 0 Å². The van der Waals surface area contributed by atoms with Gasteiger partial charge in [0.05, 0.1) is 0 Å². The fourth-order valence-corrected chi connectivity index (χ4v) is 0.870. The van der Waals surface area contributed by atoms with Crippen LogP contribution in [-0.4, -0.2) is 6.04 Å². The van der Waals surface area contributed by atoms with Crippen molar-refractivity contribution in [3.8, 4) is 0 Å². The van der Waals surface area contributed by atoms with Crippen molar-refractivity contribution < 1.29 is 0 Å². The lowest BCUT2D eigenvalue weighted by molar-refractivity contribution is 0.752. The maximum absolute atomic E-state index is 5.61. The fraction of sp³-hybridized carbons (Fsp3) is 0.667. The molecule has 0 aromatic rings. The molecule has 0 heterocycles. The lowest BCUT2D eigenvalue weighted by Crippen LogP contribution is -2.16. The molecule has 1 atom stereocenters. The van der Waals surface area contributed by atoms with E-state index in [0.29, 0.717) is 6.04 Å². The van der Waals surface area contributed by atoms with E-state index in [2.05, 4.69) is 13.0 Å². The van der Waals surface area contributed by atoms with Gasteiger partial charge in [-0.1, -0.05) is 11.6 Å². The van der Waals surface area contributed by atoms with E-state index in [1.165, 1.54) is 12.0 Å². The third-order valence-corrected chi connectivity index (χ3v) is 1.53. The summed E-state index contributed by atoms with van der Waals surface area (Å²) in [6.45, 7) is 2.09. The summed E-state index contributed by atoms with van der Waals surface area (Å²) >= 11 is 0. The van der Waals surface area contributed by atoms with E-state index in [0.717, 1.165) is 6.42 Å². The zero-order chi connectivity index (χ0) is 5.28. The molecule has 0 aliphatic heterocycles. The van der Waals surface area contributed by atoms with Gasteiger partial charge in [0.2, 0.25) is 0 Å². The SMILES string of the molecule is CC1=CCCC1N.Cl.Cl. The van der Waals surface area contributed by atoms with Crippen LogP contribution in [0.3, 0.4) is 0 Å². The van der Waals surface area contributed by atoms with Crippen LogP contribution in [0.5, 0.6) is 0 Å². The third kappa shape index (κ3) is 3.09. The first-order chi connectivity index (χ1) is 3.30. The van der Waals surface area contributed by atoms with Gasteiger partial charge in [0.1, 0.15) is 0 Å². The first kappa shape index (κ1) is 12.0. The molecule has 2 N–H and O–H groups in total. The standard InChI is InChI=1S/C6H11N.2ClH/c1-5-3-2-4-6(5)7;;/h3,6H,2,4,7H2,1H3;2*1H. The molecule has 9 heavy (non-hydrogen) atoms. The number of hydrogen-bond acceptors (Lipinski definition) is 1. The molecule has 0 amide bonds. The van der Waals surface area contributed by atoms with Crippen LogP contribution >= 0.6 is 24.8 Å². The molecular formula is C6H13Cl2N. The van der Waals surface area contributed by atoms with Crippen molar-refractivity contribution in [1.82, 2.24) is 0 Å². The maximum Gasteiger partial charge on any atom is 0.0253 e. The van der Waals surface area contributed by atoms with Crippen LogP contribution in [0, 0.1) is 0 Å². The molecule has 1 nitrogen and oxygen atoms in total. The normalized spacial score (nSPS) is 23.8. The number of nitrogens with two attached hydrogens (primary N) is 1. The molecule has 1 aliphatic carbocycles. The van der Waals surface area contributed by atoms with Crippen LogP contribution in [-0.2, 0) is 0 Å². The Labute approximate surface area is 68.5 Å². The molecule has 0 aromatic carbocycles. The number of hydrogen-bond donors (Lipinski definition) is 1. The lowest BCUT2D eigenvalue weighted by Gasteiger charge is -1.99. The summed E-state index contributed by atoms with van der Waals surface area (Å²) < 4.78 is 0. The van der Waals surface area contributed by atoms with Crippen molar-refractivity contribution >= 4 is 24.8 Å². The predicted molar refractivity (Wildman–Crippen MR) is 45.5 cm³/mol. The molecule has 0 spiro atoms. The van der Waals surface area contributed by atoms with Gasteiger partial charge in [-0.15, -0.1) is 24.8 Å². The number of halogens is 2. The molecule has 1 rings (SSSR count). The quantitative estimate of drug-likeness (QED) is 0.552.